The van der Waals surface area contributed by atoms with E-state index in [9.17, 15) is 9.59 Å². The average molecular weight is 362 g/mol. The van der Waals surface area contributed by atoms with Gasteiger partial charge in [0.2, 0.25) is 5.91 Å². The third-order valence-electron chi connectivity index (χ3n) is 4.49. The van der Waals surface area contributed by atoms with Crippen LogP contribution in [0, 0.1) is 13.8 Å². The summed E-state index contributed by atoms with van der Waals surface area (Å²) < 4.78 is 1.66. The molecule has 0 radical (unpaired) electrons. The second-order valence-electron chi connectivity index (χ2n) is 6.64. The molecule has 0 aliphatic heterocycles. The van der Waals surface area contributed by atoms with E-state index in [-0.39, 0.29) is 23.2 Å². The van der Waals surface area contributed by atoms with Crippen LogP contribution in [0.1, 0.15) is 53.9 Å². The van der Waals surface area contributed by atoms with Gasteiger partial charge in [-0.15, -0.1) is 0 Å². The highest BCUT2D eigenvalue weighted by molar-refractivity contribution is 7.09. The fourth-order valence-corrected chi connectivity index (χ4v) is 3.48. The van der Waals surface area contributed by atoms with E-state index >= 15 is 0 Å². The third-order valence-corrected chi connectivity index (χ3v) is 5.48. The summed E-state index contributed by atoms with van der Waals surface area (Å²) >= 11 is 1.22. The van der Waals surface area contributed by atoms with E-state index in [4.69, 9.17) is 5.73 Å². The van der Waals surface area contributed by atoms with E-state index in [0.29, 0.717) is 19.0 Å². The molecular weight excluding hydrogens is 334 g/mol. The van der Waals surface area contributed by atoms with Gasteiger partial charge < -0.3 is 15.6 Å². The Morgan fingerprint density at radius 2 is 1.80 bits per heavy atom. The van der Waals surface area contributed by atoms with Crippen molar-refractivity contribution in [2.45, 2.75) is 52.6 Å². The molecule has 2 aromatic rings. The minimum Gasteiger partial charge on any atom is -0.354 e. The first-order valence-electron chi connectivity index (χ1n) is 8.58. The number of amides is 1. The van der Waals surface area contributed by atoms with Crippen LogP contribution in [0.25, 0.3) is 0 Å². The second kappa shape index (κ2) is 8.45. The van der Waals surface area contributed by atoms with Crippen LogP contribution in [-0.2, 0) is 11.3 Å². The lowest BCUT2D eigenvalue weighted by molar-refractivity contribution is -0.121. The molecule has 0 aliphatic rings. The highest BCUT2D eigenvalue weighted by atomic mass is 32.1. The molecule has 0 spiro atoms. The number of carbonyl (C=O) groups is 1. The van der Waals surface area contributed by atoms with E-state index < -0.39 is 0 Å². The summed E-state index contributed by atoms with van der Waals surface area (Å²) in [7, 11) is 0. The predicted octanol–water partition coefficient (Wildman–Crippen LogP) is 2.86. The fourth-order valence-electron chi connectivity index (χ4n) is 2.62. The predicted molar refractivity (Wildman–Crippen MR) is 103 cm³/mol. The van der Waals surface area contributed by atoms with Crippen molar-refractivity contribution < 1.29 is 4.79 Å². The maximum Gasteiger partial charge on any atom is 0.307 e. The largest absolute Gasteiger partial charge is 0.354 e. The number of aromatic nitrogens is 1. The molecule has 3 N–H and O–H groups in total. The zero-order valence-electron chi connectivity index (χ0n) is 15.3. The molecule has 0 saturated heterocycles. The Kier molecular flexibility index (Phi) is 6.56. The zero-order chi connectivity index (χ0) is 18.6. The Hall–Kier alpha value is -1.92. The third kappa shape index (κ3) is 5.03. The number of nitrogens with zero attached hydrogens (tertiary/aromatic N) is 1. The van der Waals surface area contributed by atoms with Gasteiger partial charge in [-0.2, -0.15) is 0 Å². The van der Waals surface area contributed by atoms with Crippen molar-refractivity contribution >= 4 is 17.2 Å². The highest BCUT2D eigenvalue weighted by Gasteiger charge is 2.11. The number of thiazole rings is 1. The quantitative estimate of drug-likeness (QED) is 0.796. The van der Waals surface area contributed by atoms with Crippen molar-refractivity contribution in [2.24, 2.45) is 5.73 Å². The molecule has 1 atom stereocenters. The summed E-state index contributed by atoms with van der Waals surface area (Å²) in [4.78, 5) is 24.9. The number of nitrogens with one attached hydrogen (secondary N) is 1. The smallest absolute Gasteiger partial charge is 0.307 e. The number of hydrogen-bond donors (Lipinski definition) is 2. The molecule has 1 heterocycles. The minimum absolute atomic E-state index is 0.00950. The summed E-state index contributed by atoms with van der Waals surface area (Å²) in [5, 5.41) is 2.86. The van der Waals surface area contributed by atoms with Crippen molar-refractivity contribution in [3.05, 3.63) is 55.6 Å². The van der Waals surface area contributed by atoms with Gasteiger partial charge in [0.25, 0.3) is 0 Å². The molecule has 0 bridgehead atoms. The Morgan fingerprint density at radius 1 is 1.20 bits per heavy atom. The lowest BCUT2D eigenvalue weighted by Gasteiger charge is -2.15. The van der Waals surface area contributed by atoms with E-state index in [0.717, 1.165) is 16.1 Å². The van der Waals surface area contributed by atoms with Gasteiger partial charge >= 0.3 is 4.87 Å². The van der Waals surface area contributed by atoms with E-state index in [1.807, 2.05) is 26.0 Å². The molecule has 1 amide bonds. The van der Waals surface area contributed by atoms with Gasteiger partial charge in [-0.05, 0) is 30.9 Å². The molecule has 0 saturated carbocycles. The Morgan fingerprint density at radius 3 is 2.32 bits per heavy atom. The Balaban J connectivity index is 1.84. The molecule has 1 unspecified atom stereocenters. The number of nitrogens with two attached hydrogens (primary N) is 1. The second-order valence-corrected chi connectivity index (χ2v) is 7.81. The average Bonchev–Trinajstić information content (AvgIpc) is 2.83. The first-order chi connectivity index (χ1) is 11.8. The van der Waals surface area contributed by atoms with E-state index in [2.05, 4.69) is 31.3 Å². The van der Waals surface area contributed by atoms with Crippen LogP contribution >= 0.6 is 11.3 Å². The van der Waals surface area contributed by atoms with Crippen LogP contribution in [0.2, 0.25) is 0 Å². The first kappa shape index (κ1) is 19.4. The van der Waals surface area contributed by atoms with Crippen molar-refractivity contribution in [1.29, 1.82) is 0 Å². The van der Waals surface area contributed by atoms with Crippen molar-refractivity contribution in [3.8, 4) is 0 Å². The molecule has 5 nitrogen and oxygen atoms in total. The van der Waals surface area contributed by atoms with Gasteiger partial charge in [0, 0.05) is 36.1 Å². The summed E-state index contributed by atoms with van der Waals surface area (Å²) in [6, 6.07) is 7.95. The molecule has 0 fully saturated rings. The van der Waals surface area contributed by atoms with E-state index in [1.165, 1.54) is 16.9 Å². The maximum atomic E-state index is 12.0. The lowest BCUT2D eigenvalue weighted by atomic mass is 9.99. The molecule has 6 heteroatoms. The van der Waals surface area contributed by atoms with Gasteiger partial charge in [-0.25, -0.2) is 0 Å². The van der Waals surface area contributed by atoms with Gasteiger partial charge in [0.15, 0.2) is 0 Å². The topological polar surface area (TPSA) is 77.1 Å². The van der Waals surface area contributed by atoms with Crippen molar-refractivity contribution in [2.75, 3.05) is 6.54 Å². The number of hydrogen-bond acceptors (Lipinski definition) is 4. The molecule has 1 aromatic heterocycles. The minimum atomic E-state index is -0.238. The van der Waals surface area contributed by atoms with Crippen LogP contribution in [0.15, 0.2) is 29.1 Å². The van der Waals surface area contributed by atoms with Gasteiger partial charge in [0.05, 0.1) is 0 Å². The van der Waals surface area contributed by atoms with E-state index in [1.54, 1.807) is 4.57 Å². The first-order valence-corrected chi connectivity index (χ1v) is 9.40. The van der Waals surface area contributed by atoms with Crippen molar-refractivity contribution in [1.82, 2.24) is 9.88 Å². The SMILES string of the molecule is Cc1sc(=O)n(CCC(=O)NCC(N)c2ccc(C(C)C)cc2)c1C. The Labute approximate surface area is 152 Å². The molecule has 2 rings (SSSR count). The van der Waals surface area contributed by atoms with Gasteiger partial charge in [-0.1, -0.05) is 49.4 Å². The van der Waals surface area contributed by atoms with Crippen LogP contribution in [0.3, 0.4) is 0 Å². The van der Waals surface area contributed by atoms with Crippen molar-refractivity contribution in [3.63, 3.8) is 0 Å². The summed E-state index contributed by atoms with van der Waals surface area (Å²) in [5.41, 5.74) is 9.37. The number of rotatable bonds is 7. The molecule has 0 aliphatic carbocycles. The zero-order valence-corrected chi connectivity index (χ0v) is 16.2. The standard InChI is InChI=1S/C19H27N3O2S/c1-12(2)15-5-7-16(8-6-15)17(20)11-21-18(23)9-10-22-13(3)14(4)25-19(22)24/h5-8,12,17H,9-11,20H2,1-4H3,(H,21,23). The molecule has 25 heavy (non-hydrogen) atoms. The highest BCUT2D eigenvalue weighted by Crippen LogP contribution is 2.17. The number of benzene rings is 1. The normalized spacial score (nSPS) is 12.4. The monoisotopic (exact) mass is 361 g/mol. The number of carbonyl (C=O) groups excluding carboxylic acids is 1. The summed E-state index contributed by atoms with van der Waals surface area (Å²) in [5.74, 6) is 0.391. The van der Waals surface area contributed by atoms with Crippen LogP contribution in [0.4, 0.5) is 0 Å². The van der Waals surface area contributed by atoms with Crippen LogP contribution < -0.4 is 15.9 Å². The molecular formula is C19H27N3O2S. The molecule has 136 valence electrons. The summed E-state index contributed by atoms with van der Waals surface area (Å²) in [6.07, 6.45) is 0.274. The summed E-state index contributed by atoms with van der Waals surface area (Å²) in [6.45, 7) is 8.91. The number of aryl methyl sites for hydroxylation is 1. The van der Waals surface area contributed by atoms with Gasteiger partial charge in [-0.3, -0.25) is 9.59 Å². The van der Waals surface area contributed by atoms with Gasteiger partial charge in [0.1, 0.15) is 0 Å². The maximum absolute atomic E-state index is 12.0. The Bertz CT molecular complexity index is 775. The van der Waals surface area contributed by atoms with Crippen LogP contribution in [0.5, 0.6) is 0 Å². The molecule has 1 aromatic carbocycles. The van der Waals surface area contributed by atoms with Crippen LogP contribution in [-0.4, -0.2) is 17.0 Å². The fraction of sp³-hybridized carbons (Fsp3) is 0.474. The lowest BCUT2D eigenvalue weighted by Crippen LogP contribution is -2.33.